The third-order valence-electron chi connectivity index (χ3n) is 12.2. The van der Waals surface area contributed by atoms with Crippen LogP contribution in [0.1, 0.15) is 18.5 Å². The van der Waals surface area contributed by atoms with Gasteiger partial charge in [0.1, 0.15) is 0 Å². The molecule has 0 N–H and O–H groups in total. The van der Waals surface area contributed by atoms with E-state index in [-0.39, 0.29) is 0 Å². The minimum absolute atomic E-state index is 0.728. The first kappa shape index (κ1) is 34.2. The van der Waals surface area contributed by atoms with Crippen molar-refractivity contribution in [1.82, 2.24) is 19.1 Å². The van der Waals surface area contributed by atoms with Crippen molar-refractivity contribution in [2.75, 3.05) is 0 Å². The second-order valence-electron chi connectivity index (χ2n) is 15.7. The molecule has 12 rings (SSSR count). The summed E-state index contributed by atoms with van der Waals surface area (Å²) in [6, 6.07) is 67.8. The average Bonchev–Trinajstić information content (AvgIpc) is 3.85. The van der Waals surface area contributed by atoms with Gasteiger partial charge in [0.2, 0.25) is 0 Å². The summed E-state index contributed by atoms with van der Waals surface area (Å²) in [7, 11) is 0. The van der Waals surface area contributed by atoms with E-state index in [0.717, 1.165) is 57.9 Å². The number of para-hydroxylation sites is 3. The molecular formula is C56H38N4. The summed E-state index contributed by atoms with van der Waals surface area (Å²) in [5.74, 6) is 0.728. The van der Waals surface area contributed by atoms with E-state index in [1.165, 1.54) is 65.7 Å². The van der Waals surface area contributed by atoms with Crippen molar-refractivity contribution in [3.8, 4) is 45.1 Å². The Morgan fingerprint density at radius 2 is 0.983 bits per heavy atom. The van der Waals surface area contributed by atoms with Gasteiger partial charge in [-0.05, 0) is 101 Å². The van der Waals surface area contributed by atoms with Gasteiger partial charge in [-0.15, -0.1) is 0 Å². The highest BCUT2D eigenvalue weighted by Gasteiger charge is 2.21. The van der Waals surface area contributed by atoms with Crippen LogP contribution in [0.15, 0.2) is 206 Å². The second-order valence-corrected chi connectivity index (χ2v) is 15.7. The minimum atomic E-state index is 0.728. The Morgan fingerprint density at radius 3 is 1.68 bits per heavy atom. The van der Waals surface area contributed by atoms with Crippen molar-refractivity contribution in [1.29, 1.82) is 0 Å². The largest absolute Gasteiger partial charge is 0.309 e. The number of benzene rings is 8. The topological polar surface area (TPSA) is 35.6 Å². The predicted molar refractivity (Wildman–Crippen MR) is 251 cm³/mol. The van der Waals surface area contributed by atoms with Gasteiger partial charge in [0, 0.05) is 44.0 Å². The molecule has 0 spiro atoms. The molecule has 3 aromatic heterocycles. The summed E-state index contributed by atoms with van der Waals surface area (Å²) < 4.78 is 4.83. The number of aromatic nitrogens is 4. The molecule has 8 aromatic carbocycles. The highest BCUT2D eigenvalue weighted by Crippen LogP contribution is 2.43. The van der Waals surface area contributed by atoms with Crippen molar-refractivity contribution in [2.24, 2.45) is 0 Å². The van der Waals surface area contributed by atoms with E-state index < -0.39 is 0 Å². The molecule has 0 saturated carbocycles. The van der Waals surface area contributed by atoms with Crippen molar-refractivity contribution in [3.05, 3.63) is 212 Å². The Morgan fingerprint density at radius 1 is 0.400 bits per heavy atom. The van der Waals surface area contributed by atoms with E-state index in [1.54, 1.807) is 0 Å². The van der Waals surface area contributed by atoms with E-state index >= 15 is 0 Å². The fraction of sp³-hybridized carbons (Fsp3) is 0.0357. The third kappa shape index (κ3) is 5.60. The first-order chi connectivity index (χ1) is 29.7. The van der Waals surface area contributed by atoms with Crippen LogP contribution in [0.25, 0.3) is 105 Å². The van der Waals surface area contributed by atoms with E-state index in [0.29, 0.717) is 0 Å². The molecule has 0 amide bonds. The zero-order chi connectivity index (χ0) is 39.6. The first-order valence-corrected chi connectivity index (χ1v) is 20.7. The lowest BCUT2D eigenvalue weighted by Crippen LogP contribution is -1.99. The molecule has 1 aliphatic carbocycles. The standard InChI is InChI=1S/C56H38N4/c1-4-14-37(15-5-1)38-24-27-41(28-25-38)49-36-48(40-16-6-2-7-17-40)57-56(58-49)42-29-26-39-30-31-45(35-43(39)34-42)60-51-23-13-11-21-47(51)55-53(60)33-32-52-54(55)46-20-10-12-22-50(46)59(52)44-18-8-3-9-19-44/h1-6,8-16,18-36H,7,17H2. The van der Waals surface area contributed by atoms with Crippen LogP contribution in [0.4, 0.5) is 0 Å². The summed E-state index contributed by atoms with van der Waals surface area (Å²) in [6.45, 7) is 0. The molecule has 0 saturated heterocycles. The van der Waals surface area contributed by atoms with Gasteiger partial charge in [-0.3, -0.25) is 0 Å². The zero-order valence-electron chi connectivity index (χ0n) is 32.8. The molecule has 0 bridgehead atoms. The van der Waals surface area contributed by atoms with Gasteiger partial charge in [-0.2, -0.15) is 0 Å². The van der Waals surface area contributed by atoms with Gasteiger partial charge in [-0.25, -0.2) is 9.97 Å². The van der Waals surface area contributed by atoms with Crippen LogP contribution < -0.4 is 0 Å². The van der Waals surface area contributed by atoms with Crippen LogP contribution >= 0.6 is 0 Å². The van der Waals surface area contributed by atoms with E-state index in [1.807, 2.05) is 0 Å². The van der Waals surface area contributed by atoms with Crippen LogP contribution in [0, 0.1) is 0 Å². The van der Waals surface area contributed by atoms with Crippen LogP contribution in [0.5, 0.6) is 0 Å². The Kier molecular flexibility index (Phi) is 7.95. The van der Waals surface area contributed by atoms with E-state index in [2.05, 4.69) is 215 Å². The quantitative estimate of drug-likeness (QED) is 0.169. The number of nitrogens with zero attached hydrogens (tertiary/aromatic N) is 4. The summed E-state index contributed by atoms with van der Waals surface area (Å²) in [6.07, 6.45) is 8.53. The number of rotatable bonds is 6. The Bertz CT molecular complexity index is 3510. The maximum absolute atomic E-state index is 5.25. The lowest BCUT2D eigenvalue weighted by Gasteiger charge is -2.14. The van der Waals surface area contributed by atoms with Crippen LogP contribution in [-0.4, -0.2) is 19.1 Å². The molecule has 1 aliphatic rings. The molecule has 0 radical (unpaired) electrons. The highest BCUT2D eigenvalue weighted by atomic mass is 15.0. The van der Waals surface area contributed by atoms with Gasteiger partial charge >= 0.3 is 0 Å². The molecule has 0 atom stereocenters. The summed E-state index contributed by atoms with van der Waals surface area (Å²) in [4.78, 5) is 10.5. The molecule has 282 valence electrons. The summed E-state index contributed by atoms with van der Waals surface area (Å²) in [5, 5.41) is 7.34. The number of fused-ring (bicyclic) bond motifs is 8. The molecule has 4 nitrogen and oxygen atoms in total. The Balaban J connectivity index is 1.02. The molecule has 3 heterocycles. The fourth-order valence-corrected chi connectivity index (χ4v) is 9.33. The first-order valence-electron chi connectivity index (χ1n) is 20.7. The minimum Gasteiger partial charge on any atom is -0.309 e. The molecule has 0 unspecified atom stereocenters. The molecule has 0 aliphatic heterocycles. The normalized spacial score (nSPS) is 12.9. The molecule has 11 aromatic rings. The van der Waals surface area contributed by atoms with Crippen LogP contribution in [0.3, 0.4) is 0 Å². The van der Waals surface area contributed by atoms with Gasteiger partial charge in [0.25, 0.3) is 0 Å². The van der Waals surface area contributed by atoms with E-state index in [9.17, 15) is 0 Å². The fourth-order valence-electron chi connectivity index (χ4n) is 9.33. The maximum atomic E-state index is 5.25. The van der Waals surface area contributed by atoms with Crippen LogP contribution in [0.2, 0.25) is 0 Å². The lowest BCUT2D eigenvalue weighted by atomic mass is 9.98. The zero-order valence-corrected chi connectivity index (χ0v) is 32.8. The lowest BCUT2D eigenvalue weighted by molar-refractivity contribution is 1.03. The molecule has 60 heavy (non-hydrogen) atoms. The van der Waals surface area contributed by atoms with Crippen molar-refractivity contribution >= 4 is 60.0 Å². The highest BCUT2D eigenvalue weighted by molar-refractivity contribution is 6.29. The monoisotopic (exact) mass is 766 g/mol. The predicted octanol–water partition coefficient (Wildman–Crippen LogP) is 14.6. The number of allylic oxidation sites excluding steroid dienone is 4. The third-order valence-corrected chi connectivity index (χ3v) is 12.2. The number of hydrogen-bond donors (Lipinski definition) is 0. The van der Waals surface area contributed by atoms with Gasteiger partial charge in [0.05, 0.1) is 33.5 Å². The van der Waals surface area contributed by atoms with Crippen molar-refractivity contribution < 1.29 is 0 Å². The SMILES string of the molecule is C1=CCCC(c2cc(-c3ccc(-c4ccccc4)cc3)nc(-c3ccc4ccc(-n5c6ccccc6c6c7c8ccccc8n(-c8ccccc8)c7ccc65)cc4c3)n2)=C1. The molecule has 0 fully saturated rings. The van der Waals surface area contributed by atoms with Crippen molar-refractivity contribution in [3.63, 3.8) is 0 Å². The van der Waals surface area contributed by atoms with Gasteiger partial charge in [-0.1, -0.05) is 146 Å². The smallest absolute Gasteiger partial charge is 0.160 e. The van der Waals surface area contributed by atoms with Gasteiger partial charge in [0.15, 0.2) is 5.82 Å². The second kappa shape index (κ2) is 13.9. The number of hydrogen-bond acceptors (Lipinski definition) is 2. The van der Waals surface area contributed by atoms with Gasteiger partial charge < -0.3 is 9.13 Å². The summed E-state index contributed by atoms with van der Waals surface area (Å²) >= 11 is 0. The molecule has 4 heteroatoms. The average molecular weight is 767 g/mol. The Hall–Kier alpha value is -7.82. The van der Waals surface area contributed by atoms with E-state index in [4.69, 9.17) is 9.97 Å². The maximum Gasteiger partial charge on any atom is 0.160 e. The Labute approximate surface area is 347 Å². The van der Waals surface area contributed by atoms with Crippen molar-refractivity contribution in [2.45, 2.75) is 12.8 Å². The summed E-state index contributed by atoms with van der Waals surface area (Å²) in [5.41, 5.74) is 14.6. The van der Waals surface area contributed by atoms with Crippen LogP contribution in [-0.2, 0) is 0 Å². The molecular weight excluding hydrogens is 729 g/mol.